The summed E-state index contributed by atoms with van der Waals surface area (Å²) in [6, 6.07) is 0. The summed E-state index contributed by atoms with van der Waals surface area (Å²) in [5.74, 6) is -0.897. The minimum absolute atomic E-state index is 0.0137. The second-order valence-electron chi connectivity index (χ2n) is 5.24. The maximum Gasteiger partial charge on any atom is 0.305 e. The van der Waals surface area contributed by atoms with E-state index >= 15 is 0 Å². The number of hydrogen-bond acceptors (Lipinski definition) is 3. The van der Waals surface area contributed by atoms with Gasteiger partial charge in [0.05, 0.1) is 6.42 Å². The van der Waals surface area contributed by atoms with Crippen LogP contribution in [0.5, 0.6) is 0 Å². The Morgan fingerprint density at radius 2 is 1.83 bits per heavy atom. The van der Waals surface area contributed by atoms with Crippen LogP contribution in [-0.2, 0) is 14.3 Å². The quantitative estimate of drug-likeness (QED) is 0.674. The summed E-state index contributed by atoms with van der Waals surface area (Å²) >= 11 is 0. The van der Waals surface area contributed by atoms with Crippen LogP contribution in [0.25, 0.3) is 0 Å². The Kier molecular flexibility index (Phi) is 7.59. The van der Waals surface area contributed by atoms with Crippen LogP contribution in [0.3, 0.4) is 0 Å². The van der Waals surface area contributed by atoms with Gasteiger partial charge in [0.2, 0.25) is 5.91 Å². The van der Waals surface area contributed by atoms with Crippen molar-refractivity contribution in [2.45, 2.75) is 40.5 Å². The van der Waals surface area contributed by atoms with Gasteiger partial charge < -0.3 is 14.7 Å². The van der Waals surface area contributed by atoms with Gasteiger partial charge >= 0.3 is 5.97 Å². The van der Waals surface area contributed by atoms with Crippen molar-refractivity contribution in [3.63, 3.8) is 0 Å². The number of aliphatic carboxylic acids is 1. The van der Waals surface area contributed by atoms with Crippen molar-refractivity contribution in [1.29, 1.82) is 0 Å². The summed E-state index contributed by atoms with van der Waals surface area (Å²) in [7, 11) is 0. The summed E-state index contributed by atoms with van der Waals surface area (Å²) < 4.78 is 5.22. The topological polar surface area (TPSA) is 66.8 Å². The first kappa shape index (κ1) is 16.9. The number of carbonyl (C=O) groups is 2. The lowest BCUT2D eigenvalue weighted by Crippen LogP contribution is -2.41. The molecule has 106 valence electrons. The van der Waals surface area contributed by atoms with Crippen molar-refractivity contribution in [2.24, 2.45) is 5.41 Å². The molecule has 0 aromatic rings. The van der Waals surface area contributed by atoms with Crippen molar-refractivity contribution >= 4 is 11.9 Å². The van der Waals surface area contributed by atoms with Crippen molar-refractivity contribution in [3.05, 3.63) is 0 Å². The van der Waals surface area contributed by atoms with E-state index in [9.17, 15) is 9.59 Å². The zero-order chi connectivity index (χ0) is 14.2. The lowest BCUT2D eigenvalue weighted by Gasteiger charge is -2.29. The molecule has 5 nitrogen and oxygen atoms in total. The molecule has 0 atom stereocenters. The first-order chi connectivity index (χ1) is 8.29. The molecule has 0 aromatic heterocycles. The van der Waals surface area contributed by atoms with Gasteiger partial charge in [0, 0.05) is 31.7 Å². The summed E-state index contributed by atoms with van der Waals surface area (Å²) in [5.41, 5.74) is -0.482. The fourth-order valence-corrected chi connectivity index (χ4v) is 1.52. The molecule has 5 heteroatoms. The molecule has 0 spiro atoms. The number of carboxylic acids is 1. The van der Waals surface area contributed by atoms with E-state index in [2.05, 4.69) is 0 Å². The molecule has 0 heterocycles. The molecule has 0 aliphatic rings. The highest BCUT2D eigenvalue weighted by atomic mass is 16.5. The van der Waals surface area contributed by atoms with Gasteiger partial charge in [-0.05, 0) is 13.3 Å². The van der Waals surface area contributed by atoms with Gasteiger partial charge in [0.15, 0.2) is 0 Å². The van der Waals surface area contributed by atoms with E-state index in [-0.39, 0.29) is 18.9 Å². The molecule has 0 bridgehead atoms. The smallest absolute Gasteiger partial charge is 0.305 e. The van der Waals surface area contributed by atoms with E-state index in [4.69, 9.17) is 9.84 Å². The molecule has 0 aromatic carbocycles. The molecular weight excluding hydrogens is 234 g/mol. The molecule has 0 aliphatic carbocycles. The van der Waals surface area contributed by atoms with Crippen molar-refractivity contribution in [2.75, 3.05) is 26.3 Å². The molecule has 0 saturated heterocycles. The number of amides is 1. The van der Waals surface area contributed by atoms with E-state index in [1.807, 2.05) is 27.7 Å². The van der Waals surface area contributed by atoms with Gasteiger partial charge in [-0.3, -0.25) is 9.59 Å². The third-order valence-corrected chi connectivity index (χ3v) is 2.45. The zero-order valence-electron chi connectivity index (χ0n) is 11.9. The molecule has 1 N–H and O–H groups in total. The SMILES string of the molecule is CCOCCCN(CCC(=O)O)C(=O)C(C)(C)C. The third-order valence-electron chi connectivity index (χ3n) is 2.45. The second-order valence-corrected chi connectivity index (χ2v) is 5.24. The summed E-state index contributed by atoms with van der Waals surface area (Å²) in [6.45, 7) is 9.49. The minimum Gasteiger partial charge on any atom is -0.481 e. The van der Waals surface area contributed by atoms with Gasteiger partial charge in [-0.1, -0.05) is 20.8 Å². The van der Waals surface area contributed by atoms with Crippen LogP contribution in [0, 0.1) is 5.41 Å². The minimum atomic E-state index is -0.883. The van der Waals surface area contributed by atoms with Crippen LogP contribution >= 0.6 is 0 Å². The van der Waals surface area contributed by atoms with Crippen LogP contribution in [-0.4, -0.2) is 48.2 Å². The number of nitrogens with zero attached hydrogens (tertiary/aromatic N) is 1. The monoisotopic (exact) mass is 259 g/mol. The third kappa shape index (κ3) is 7.27. The summed E-state index contributed by atoms with van der Waals surface area (Å²) in [6.07, 6.45) is 0.714. The summed E-state index contributed by atoms with van der Waals surface area (Å²) in [5, 5.41) is 8.69. The number of rotatable bonds is 8. The van der Waals surface area contributed by atoms with Crippen LogP contribution in [0.15, 0.2) is 0 Å². The highest BCUT2D eigenvalue weighted by molar-refractivity contribution is 5.82. The second kappa shape index (κ2) is 8.08. The number of ether oxygens (including phenoxy) is 1. The van der Waals surface area contributed by atoms with Gasteiger partial charge in [0.1, 0.15) is 0 Å². The lowest BCUT2D eigenvalue weighted by molar-refractivity contribution is -0.142. The lowest BCUT2D eigenvalue weighted by atomic mass is 9.94. The Labute approximate surface area is 109 Å². The number of carbonyl (C=O) groups excluding carboxylic acids is 1. The number of hydrogen-bond donors (Lipinski definition) is 1. The van der Waals surface area contributed by atoms with E-state index in [0.717, 1.165) is 6.42 Å². The van der Waals surface area contributed by atoms with E-state index in [0.29, 0.717) is 19.8 Å². The van der Waals surface area contributed by atoms with Crippen LogP contribution < -0.4 is 0 Å². The van der Waals surface area contributed by atoms with Crippen LogP contribution in [0.2, 0.25) is 0 Å². The molecule has 0 rings (SSSR count). The Bertz CT molecular complexity index is 271. The fraction of sp³-hybridized carbons (Fsp3) is 0.846. The average Bonchev–Trinajstić information content (AvgIpc) is 2.25. The average molecular weight is 259 g/mol. The predicted molar refractivity (Wildman–Crippen MR) is 69.4 cm³/mol. The molecule has 18 heavy (non-hydrogen) atoms. The van der Waals surface area contributed by atoms with Gasteiger partial charge in [-0.15, -0.1) is 0 Å². The zero-order valence-corrected chi connectivity index (χ0v) is 11.9. The van der Waals surface area contributed by atoms with Gasteiger partial charge in [0.25, 0.3) is 0 Å². The van der Waals surface area contributed by atoms with Gasteiger partial charge in [-0.2, -0.15) is 0 Å². The molecule has 0 saturated carbocycles. The Morgan fingerprint density at radius 1 is 1.22 bits per heavy atom. The Morgan fingerprint density at radius 3 is 2.28 bits per heavy atom. The first-order valence-electron chi connectivity index (χ1n) is 6.38. The molecule has 0 unspecified atom stereocenters. The Balaban J connectivity index is 4.33. The fourth-order valence-electron chi connectivity index (χ4n) is 1.52. The summed E-state index contributed by atoms with van der Waals surface area (Å²) in [4.78, 5) is 24.3. The van der Waals surface area contributed by atoms with Crippen LogP contribution in [0.4, 0.5) is 0 Å². The molecule has 1 amide bonds. The van der Waals surface area contributed by atoms with E-state index < -0.39 is 11.4 Å². The normalized spacial score (nSPS) is 11.3. The Hall–Kier alpha value is -1.10. The molecule has 0 radical (unpaired) electrons. The predicted octanol–water partition coefficient (Wildman–Crippen LogP) is 1.76. The maximum atomic E-state index is 12.1. The van der Waals surface area contributed by atoms with Crippen molar-refractivity contribution in [1.82, 2.24) is 4.90 Å². The standard InChI is InChI=1S/C13H25NO4/c1-5-18-10-6-8-14(9-7-11(15)16)12(17)13(2,3)4/h5-10H2,1-4H3,(H,15,16). The van der Waals surface area contributed by atoms with Crippen molar-refractivity contribution in [3.8, 4) is 0 Å². The molecule has 0 fully saturated rings. The highest BCUT2D eigenvalue weighted by Gasteiger charge is 2.27. The van der Waals surface area contributed by atoms with Gasteiger partial charge in [-0.25, -0.2) is 0 Å². The van der Waals surface area contributed by atoms with Crippen molar-refractivity contribution < 1.29 is 19.4 Å². The maximum absolute atomic E-state index is 12.1. The van der Waals surface area contributed by atoms with E-state index in [1.165, 1.54) is 0 Å². The largest absolute Gasteiger partial charge is 0.481 e. The number of carboxylic acid groups (broad SMARTS) is 1. The first-order valence-corrected chi connectivity index (χ1v) is 6.38. The molecular formula is C13H25NO4. The molecule has 0 aliphatic heterocycles. The van der Waals surface area contributed by atoms with Crippen LogP contribution in [0.1, 0.15) is 40.5 Å². The highest BCUT2D eigenvalue weighted by Crippen LogP contribution is 2.17. The van der Waals surface area contributed by atoms with E-state index in [1.54, 1.807) is 4.90 Å².